The van der Waals surface area contributed by atoms with Gasteiger partial charge in [-0.3, -0.25) is 4.79 Å². The van der Waals surface area contributed by atoms with Crippen LogP contribution in [0.4, 0.5) is 0 Å². The van der Waals surface area contributed by atoms with Gasteiger partial charge in [-0.2, -0.15) is 4.68 Å². The average molecular weight is 373 g/mol. The molecule has 2 aromatic heterocycles. The Bertz CT molecular complexity index is 1140. The third-order valence-electron chi connectivity index (χ3n) is 4.52. The minimum atomic E-state index is -0.158. The molecule has 0 aliphatic rings. The molecule has 0 aliphatic heterocycles. The third kappa shape index (κ3) is 3.42. The molecule has 0 aliphatic carbocycles. The third-order valence-corrected chi connectivity index (χ3v) is 4.52. The van der Waals surface area contributed by atoms with Gasteiger partial charge in [0, 0.05) is 18.3 Å². The van der Waals surface area contributed by atoms with E-state index in [2.05, 4.69) is 20.6 Å². The average Bonchev–Trinajstić information content (AvgIpc) is 3.16. The molecule has 0 unspecified atom stereocenters. The summed E-state index contributed by atoms with van der Waals surface area (Å²) >= 11 is 0. The first-order valence-corrected chi connectivity index (χ1v) is 8.84. The largest absolute Gasteiger partial charge is 0.497 e. The van der Waals surface area contributed by atoms with Gasteiger partial charge in [-0.15, -0.1) is 5.10 Å². The van der Waals surface area contributed by atoms with Crippen molar-refractivity contribution >= 4 is 17.1 Å². The standard InChI is InChI=1S/C21H19N5O2/c1-14-5-8-16(21(27)23-13-15-6-9-17(28-2)10-7-15)12-19(14)26-20-18(24-25-26)4-3-11-22-20/h3-12H,13H2,1-2H3,(H,23,27). The predicted molar refractivity (Wildman–Crippen MR) is 106 cm³/mol. The van der Waals surface area contributed by atoms with Crippen molar-refractivity contribution in [1.29, 1.82) is 0 Å². The molecule has 0 radical (unpaired) electrons. The van der Waals surface area contributed by atoms with Crippen LogP contribution in [0.15, 0.2) is 60.8 Å². The molecule has 2 aromatic carbocycles. The number of rotatable bonds is 5. The van der Waals surface area contributed by atoms with E-state index in [9.17, 15) is 4.79 Å². The van der Waals surface area contributed by atoms with E-state index in [0.717, 1.165) is 22.6 Å². The molecule has 7 heteroatoms. The highest BCUT2D eigenvalue weighted by Crippen LogP contribution is 2.19. The summed E-state index contributed by atoms with van der Waals surface area (Å²) in [5.74, 6) is 0.626. The SMILES string of the molecule is COc1ccc(CNC(=O)c2ccc(C)c(-n3nnc4cccnc43)c2)cc1. The molecule has 2 heterocycles. The van der Waals surface area contributed by atoms with Gasteiger partial charge in [-0.05, 0) is 54.4 Å². The molecule has 4 aromatic rings. The maximum Gasteiger partial charge on any atom is 0.251 e. The second-order valence-corrected chi connectivity index (χ2v) is 6.38. The van der Waals surface area contributed by atoms with Gasteiger partial charge < -0.3 is 10.1 Å². The van der Waals surface area contributed by atoms with E-state index in [-0.39, 0.29) is 5.91 Å². The summed E-state index contributed by atoms with van der Waals surface area (Å²) in [5, 5.41) is 11.3. The van der Waals surface area contributed by atoms with Crippen LogP contribution in [-0.2, 0) is 6.54 Å². The Kier molecular flexibility index (Phi) is 4.72. The summed E-state index contributed by atoms with van der Waals surface area (Å²) in [7, 11) is 1.62. The van der Waals surface area contributed by atoms with Crippen LogP contribution in [0, 0.1) is 6.92 Å². The summed E-state index contributed by atoms with van der Waals surface area (Å²) in [6.45, 7) is 2.39. The number of nitrogens with one attached hydrogen (secondary N) is 1. The van der Waals surface area contributed by atoms with Crippen molar-refractivity contribution in [3.63, 3.8) is 0 Å². The number of hydrogen-bond donors (Lipinski definition) is 1. The molecule has 1 amide bonds. The number of pyridine rings is 1. The Hall–Kier alpha value is -3.74. The van der Waals surface area contributed by atoms with Gasteiger partial charge in [-0.1, -0.05) is 23.4 Å². The summed E-state index contributed by atoms with van der Waals surface area (Å²) in [6.07, 6.45) is 1.70. The van der Waals surface area contributed by atoms with Gasteiger partial charge in [0.25, 0.3) is 5.91 Å². The minimum absolute atomic E-state index is 0.158. The normalized spacial score (nSPS) is 10.8. The Morgan fingerprint density at radius 2 is 1.96 bits per heavy atom. The van der Waals surface area contributed by atoms with Crippen molar-refractivity contribution < 1.29 is 9.53 Å². The van der Waals surface area contributed by atoms with E-state index in [1.807, 2.05) is 55.5 Å². The first-order valence-electron chi connectivity index (χ1n) is 8.84. The van der Waals surface area contributed by atoms with Gasteiger partial charge in [0.1, 0.15) is 11.3 Å². The Balaban J connectivity index is 1.56. The summed E-state index contributed by atoms with van der Waals surface area (Å²) in [5.41, 5.74) is 4.65. The molecule has 1 N–H and O–H groups in total. The first kappa shape index (κ1) is 17.7. The number of nitrogens with zero attached hydrogens (tertiary/aromatic N) is 4. The Morgan fingerprint density at radius 1 is 1.14 bits per heavy atom. The quantitative estimate of drug-likeness (QED) is 0.581. The molecule has 28 heavy (non-hydrogen) atoms. The van der Waals surface area contributed by atoms with Crippen LogP contribution in [0.1, 0.15) is 21.5 Å². The smallest absolute Gasteiger partial charge is 0.251 e. The van der Waals surface area contributed by atoms with Crippen molar-refractivity contribution in [1.82, 2.24) is 25.3 Å². The van der Waals surface area contributed by atoms with Crippen LogP contribution in [-0.4, -0.2) is 33.0 Å². The monoisotopic (exact) mass is 373 g/mol. The van der Waals surface area contributed by atoms with Crippen LogP contribution < -0.4 is 10.1 Å². The fourth-order valence-corrected chi connectivity index (χ4v) is 2.93. The van der Waals surface area contributed by atoms with Crippen molar-refractivity contribution in [2.45, 2.75) is 13.5 Å². The molecule has 0 saturated carbocycles. The Labute approximate surface area is 162 Å². The zero-order valence-electron chi connectivity index (χ0n) is 15.6. The lowest BCUT2D eigenvalue weighted by atomic mass is 10.1. The van der Waals surface area contributed by atoms with Gasteiger partial charge in [-0.25, -0.2) is 4.98 Å². The highest BCUT2D eigenvalue weighted by molar-refractivity contribution is 5.95. The lowest BCUT2D eigenvalue weighted by molar-refractivity contribution is 0.0951. The highest BCUT2D eigenvalue weighted by Gasteiger charge is 2.13. The number of fused-ring (bicyclic) bond motifs is 1. The van der Waals surface area contributed by atoms with Crippen LogP contribution in [0.25, 0.3) is 16.9 Å². The number of aryl methyl sites for hydroxylation is 1. The molecule has 4 rings (SSSR count). The second kappa shape index (κ2) is 7.48. The zero-order chi connectivity index (χ0) is 19.5. The summed E-state index contributed by atoms with van der Waals surface area (Å²) in [4.78, 5) is 17.0. The number of amides is 1. The molecular weight excluding hydrogens is 354 g/mol. The fourth-order valence-electron chi connectivity index (χ4n) is 2.93. The van der Waals surface area contributed by atoms with Crippen molar-refractivity contribution in [2.24, 2.45) is 0 Å². The number of carbonyl (C=O) groups is 1. The van der Waals surface area contributed by atoms with E-state index in [0.29, 0.717) is 23.3 Å². The highest BCUT2D eigenvalue weighted by atomic mass is 16.5. The van der Waals surface area contributed by atoms with Crippen LogP contribution in [0.3, 0.4) is 0 Å². The lowest BCUT2D eigenvalue weighted by Gasteiger charge is -2.10. The van der Waals surface area contributed by atoms with Crippen molar-refractivity contribution in [3.05, 3.63) is 77.5 Å². The van der Waals surface area contributed by atoms with Crippen LogP contribution in [0.2, 0.25) is 0 Å². The fraction of sp³-hybridized carbons (Fsp3) is 0.143. The van der Waals surface area contributed by atoms with E-state index >= 15 is 0 Å². The van der Waals surface area contributed by atoms with Crippen molar-refractivity contribution in [3.8, 4) is 11.4 Å². The number of methoxy groups -OCH3 is 1. The predicted octanol–water partition coefficient (Wildman–Crippen LogP) is 3.06. The first-order chi connectivity index (χ1) is 13.7. The number of aromatic nitrogens is 4. The van der Waals surface area contributed by atoms with E-state index in [1.54, 1.807) is 24.1 Å². The number of hydrogen-bond acceptors (Lipinski definition) is 5. The van der Waals surface area contributed by atoms with E-state index in [1.165, 1.54) is 0 Å². The molecule has 0 fully saturated rings. The van der Waals surface area contributed by atoms with E-state index in [4.69, 9.17) is 4.74 Å². The van der Waals surface area contributed by atoms with Gasteiger partial charge in [0.05, 0.1) is 12.8 Å². The molecule has 0 saturated heterocycles. The molecular formula is C21H19N5O2. The van der Waals surface area contributed by atoms with Gasteiger partial charge in [0.2, 0.25) is 0 Å². The van der Waals surface area contributed by atoms with E-state index < -0.39 is 0 Å². The number of ether oxygens (including phenoxy) is 1. The molecule has 0 atom stereocenters. The van der Waals surface area contributed by atoms with Crippen LogP contribution in [0.5, 0.6) is 5.75 Å². The molecule has 0 bridgehead atoms. The molecule has 0 spiro atoms. The number of carbonyl (C=O) groups excluding carboxylic acids is 1. The second-order valence-electron chi connectivity index (χ2n) is 6.38. The van der Waals surface area contributed by atoms with Gasteiger partial charge in [0.15, 0.2) is 5.65 Å². The van der Waals surface area contributed by atoms with Gasteiger partial charge >= 0.3 is 0 Å². The van der Waals surface area contributed by atoms with Crippen LogP contribution >= 0.6 is 0 Å². The zero-order valence-corrected chi connectivity index (χ0v) is 15.6. The van der Waals surface area contributed by atoms with Crippen molar-refractivity contribution in [2.75, 3.05) is 7.11 Å². The Morgan fingerprint density at radius 3 is 2.75 bits per heavy atom. The number of benzene rings is 2. The maximum atomic E-state index is 12.6. The maximum absolute atomic E-state index is 12.6. The molecule has 7 nitrogen and oxygen atoms in total. The summed E-state index contributed by atoms with van der Waals surface area (Å²) < 4.78 is 6.81. The topological polar surface area (TPSA) is 81.9 Å². The summed E-state index contributed by atoms with van der Waals surface area (Å²) in [6, 6.07) is 16.8. The minimum Gasteiger partial charge on any atom is -0.497 e. The molecule has 140 valence electrons. The lowest BCUT2D eigenvalue weighted by Crippen LogP contribution is -2.23.